The van der Waals surface area contributed by atoms with Crippen LogP contribution in [0.15, 0.2) is 53.4 Å². The fourth-order valence-corrected chi connectivity index (χ4v) is 10.2. The first-order chi connectivity index (χ1) is 15.5. The van der Waals surface area contributed by atoms with Crippen molar-refractivity contribution in [1.82, 2.24) is 9.21 Å². The Bertz CT molecular complexity index is 1050. The lowest BCUT2D eigenvalue weighted by Crippen LogP contribution is -2.48. The molecule has 3 heterocycles. The van der Waals surface area contributed by atoms with Gasteiger partial charge in [0.15, 0.2) is 0 Å². The predicted octanol–water partition coefficient (Wildman–Crippen LogP) is 3.68. The minimum absolute atomic E-state index is 0.164. The third-order valence-electron chi connectivity index (χ3n) is 6.50. The Labute approximate surface area is 198 Å². The van der Waals surface area contributed by atoms with Crippen LogP contribution < -0.4 is 4.90 Å². The average molecular weight is 494 g/mol. The maximum atomic E-state index is 13.3. The van der Waals surface area contributed by atoms with E-state index < -0.39 is 10.0 Å². The number of benzene rings is 2. The molecular weight excluding hydrogens is 465 g/mol. The molecule has 32 heavy (non-hydrogen) atoms. The van der Waals surface area contributed by atoms with Crippen LogP contribution in [0.1, 0.15) is 12.0 Å². The molecule has 0 N–H and O–H groups in total. The number of hydrogen-bond donors (Lipinski definition) is 0. The second kappa shape index (κ2) is 9.18. The van der Waals surface area contributed by atoms with Gasteiger partial charge >= 0.3 is 0 Å². The number of nitrogens with zero attached hydrogens (tertiary/aromatic N) is 3. The largest absolute Gasteiger partial charge is 0.369 e. The molecular formula is C23H28FN3O2S3. The minimum Gasteiger partial charge on any atom is -0.369 e. The number of hydrogen-bond acceptors (Lipinski definition) is 6. The van der Waals surface area contributed by atoms with Crippen molar-refractivity contribution in [3.8, 4) is 0 Å². The van der Waals surface area contributed by atoms with Crippen LogP contribution in [0.2, 0.25) is 0 Å². The van der Waals surface area contributed by atoms with E-state index in [9.17, 15) is 12.8 Å². The number of anilines is 1. The zero-order chi connectivity index (χ0) is 22.2. The summed E-state index contributed by atoms with van der Waals surface area (Å²) >= 11 is 3.78. The van der Waals surface area contributed by atoms with Crippen molar-refractivity contribution >= 4 is 39.2 Å². The highest BCUT2D eigenvalue weighted by Crippen LogP contribution is 2.56. The summed E-state index contributed by atoms with van der Waals surface area (Å²) in [5, 5.41) is 0. The smallest absolute Gasteiger partial charge is 0.243 e. The molecule has 0 radical (unpaired) electrons. The molecule has 0 atom stereocenters. The third-order valence-corrected chi connectivity index (χ3v) is 11.8. The second-order valence-corrected chi connectivity index (χ2v) is 13.4. The van der Waals surface area contributed by atoms with Crippen molar-refractivity contribution in [2.45, 2.75) is 15.4 Å². The van der Waals surface area contributed by atoms with Crippen molar-refractivity contribution in [1.29, 1.82) is 0 Å². The Hall–Kier alpha value is -1.26. The van der Waals surface area contributed by atoms with Gasteiger partial charge in [0.25, 0.3) is 0 Å². The molecule has 172 valence electrons. The average Bonchev–Trinajstić information content (AvgIpc) is 3.28. The molecule has 0 amide bonds. The van der Waals surface area contributed by atoms with E-state index >= 15 is 0 Å². The fourth-order valence-electron chi connectivity index (χ4n) is 4.80. The number of rotatable bonds is 5. The van der Waals surface area contributed by atoms with Crippen molar-refractivity contribution in [2.75, 3.05) is 62.2 Å². The highest BCUT2D eigenvalue weighted by atomic mass is 32.2. The topological polar surface area (TPSA) is 43.9 Å². The molecule has 9 heteroatoms. The van der Waals surface area contributed by atoms with Gasteiger partial charge < -0.3 is 4.90 Å². The lowest BCUT2D eigenvalue weighted by atomic mass is 10.1. The summed E-state index contributed by atoms with van der Waals surface area (Å²) in [6, 6.07) is 14.2. The fraction of sp³-hybridized carbons (Fsp3) is 0.478. The van der Waals surface area contributed by atoms with E-state index in [1.54, 1.807) is 10.4 Å². The van der Waals surface area contributed by atoms with E-state index in [1.807, 2.05) is 53.9 Å². The van der Waals surface area contributed by atoms with Crippen LogP contribution in [0.4, 0.5) is 10.1 Å². The standard InChI is InChI=1S/C23H28FN3O2S3/c24-19-6-8-20(9-7-19)26-14-12-25(13-15-26)10-3-11-27-18-23(30-16-17-31-23)21-4-1-2-5-22(21)32(27,28)29/h1-2,4-9H,3,10-18H2. The summed E-state index contributed by atoms with van der Waals surface area (Å²) < 4.78 is 41.3. The summed E-state index contributed by atoms with van der Waals surface area (Å²) in [4.78, 5) is 5.17. The summed E-state index contributed by atoms with van der Waals surface area (Å²) in [5.41, 5.74) is 2.03. The van der Waals surface area contributed by atoms with E-state index in [2.05, 4.69) is 9.80 Å². The zero-order valence-electron chi connectivity index (χ0n) is 18.0. The van der Waals surface area contributed by atoms with Crippen LogP contribution in [0, 0.1) is 5.82 Å². The van der Waals surface area contributed by atoms with Gasteiger partial charge in [-0.1, -0.05) is 18.2 Å². The van der Waals surface area contributed by atoms with E-state index in [4.69, 9.17) is 0 Å². The SMILES string of the molecule is O=S1(=O)c2ccccc2C2(CN1CCCN1CCN(c3ccc(F)cc3)CC1)SCCS2. The molecule has 2 aromatic rings. The Balaban J connectivity index is 1.19. The molecule has 5 nitrogen and oxygen atoms in total. The molecule has 0 saturated carbocycles. The van der Waals surface area contributed by atoms with Gasteiger partial charge in [-0.05, 0) is 48.9 Å². The molecule has 3 aliphatic heterocycles. The Kier molecular flexibility index (Phi) is 6.46. The summed E-state index contributed by atoms with van der Waals surface area (Å²) in [6.07, 6.45) is 0.823. The first-order valence-electron chi connectivity index (χ1n) is 11.1. The molecule has 3 aliphatic rings. The first-order valence-corrected chi connectivity index (χ1v) is 14.5. The third kappa shape index (κ3) is 4.30. The van der Waals surface area contributed by atoms with Crippen molar-refractivity contribution in [2.24, 2.45) is 0 Å². The van der Waals surface area contributed by atoms with Crippen LogP contribution in [0.5, 0.6) is 0 Å². The van der Waals surface area contributed by atoms with Crippen molar-refractivity contribution in [3.63, 3.8) is 0 Å². The Morgan fingerprint density at radius 1 is 0.906 bits per heavy atom. The molecule has 2 fully saturated rings. The van der Waals surface area contributed by atoms with Crippen LogP contribution >= 0.6 is 23.5 Å². The van der Waals surface area contributed by atoms with Crippen LogP contribution in [-0.2, 0) is 14.1 Å². The predicted molar refractivity (Wildman–Crippen MR) is 131 cm³/mol. The van der Waals surface area contributed by atoms with E-state index in [1.165, 1.54) is 12.1 Å². The van der Waals surface area contributed by atoms with Gasteiger partial charge in [-0.2, -0.15) is 4.31 Å². The molecule has 0 aromatic heterocycles. The van der Waals surface area contributed by atoms with Crippen LogP contribution in [0.3, 0.4) is 0 Å². The highest BCUT2D eigenvalue weighted by Gasteiger charge is 2.48. The lowest BCUT2D eigenvalue weighted by molar-refractivity contribution is 0.244. The van der Waals surface area contributed by atoms with Gasteiger partial charge in [0.05, 0.1) is 4.90 Å². The van der Waals surface area contributed by atoms with Crippen LogP contribution in [-0.4, -0.2) is 74.9 Å². The van der Waals surface area contributed by atoms with E-state index in [0.717, 1.165) is 61.9 Å². The van der Waals surface area contributed by atoms with Gasteiger partial charge in [0, 0.05) is 56.5 Å². The first kappa shape index (κ1) is 22.5. The number of halogens is 1. The molecule has 2 aromatic carbocycles. The van der Waals surface area contributed by atoms with Crippen LogP contribution in [0.25, 0.3) is 0 Å². The minimum atomic E-state index is -3.45. The molecule has 0 aliphatic carbocycles. The monoisotopic (exact) mass is 493 g/mol. The highest BCUT2D eigenvalue weighted by molar-refractivity contribution is 8.20. The van der Waals surface area contributed by atoms with Gasteiger partial charge in [0.1, 0.15) is 9.90 Å². The number of fused-ring (bicyclic) bond motifs is 2. The van der Waals surface area contributed by atoms with Gasteiger partial charge in [0.2, 0.25) is 10.0 Å². The summed E-state index contributed by atoms with van der Waals surface area (Å²) in [6.45, 7) is 5.66. The van der Waals surface area contributed by atoms with Gasteiger partial charge in [-0.15, -0.1) is 23.5 Å². The summed E-state index contributed by atoms with van der Waals surface area (Å²) in [7, 11) is -3.45. The number of sulfonamides is 1. The second-order valence-electron chi connectivity index (χ2n) is 8.44. The lowest BCUT2D eigenvalue weighted by Gasteiger charge is -2.40. The van der Waals surface area contributed by atoms with Gasteiger partial charge in [-0.25, -0.2) is 12.8 Å². The zero-order valence-corrected chi connectivity index (χ0v) is 20.4. The van der Waals surface area contributed by atoms with Crippen molar-refractivity contribution < 1.29 is 12.8 Å². The maximum absolute atomic E-state index is 13.3. The molecule has 0 bridgehead atoms. The number of piperazine rings is 1. The normalized spacial score (nSPS) is 22.8. The summed E-state index contributed by atoms with van der Waals surface area (Å²) in [5.74, 6) is 1.91. The van der Waals surface area contributed by atoms with Crippen molar-refractivity contribution in [3.05, 3.63) is 59.9 Å². The molecule has 2 saturated heterocycles. The number of thioether (sulfide) groups is 2. The molecule has 5 rings (SSSR count). The maximum Gasteiger partial charge on any atom is 0.243 e. The quantitative estimate of drug-likeness (QED) is 0.633. The van der Waals surface area contributed by atoms with E-state index in [-0.39, 0.29) is 9.90 Å². The molecule has 0 unspecified atom stereocenters. The van der Waals surface area contributed by atoms with Gasteiger partial charge in [-0.3, -0.25) is 4.90 Å². The van der Waals surface area contributed by atoms with E-state index in [0.29, 0.717) is 18.0 Å². The Morgan fingerprint density at radius 3 is 2.31 bits per heavy atom. The Morgan fingerprint density at radius 2 is 1.59 bits per heavy atom. The molecule has 1 spiro atoms.